The summed E-state index contributed by atoms with van der Waals surface area (Å²) in [6, 6.07) is 5.43. The van der Waals surface area contributed by atoms with E-state index in [2.05, 4.69) is 25.0 Å². The van der Waals surface area contributed by atoms with Crippen molar-refractivity contribution in [3.8, 4) is 11.3 Å². The minimum atomic E-state index is -4.43. The van der Waals surface area contributed by atoms with E-state index in [-0.39, 0.29) is 17.7 Å². The molecule has 3 heterocycles. The van der Waals surface area contributed by atoms with Gasteiger partial charge in [0.05, 0.1) is 30.0 Å². The zero-order valence-electron chi connectivity index (χ0n) is 17.3. The minimum absolute atomic E-state index is 0.0635. The molecule has 31 heavy (non-hydrogen) atoms. The number of likely N-dealkylation sites (tertiary alicyclic amines) is 1. The summed E-state index contributed by atoms with van der Waals surface area (Å²) in [7, 11) is 0. The summed E-state index contributed by atoms with van der Waals surface area (Å²) in [5.74, 6) is 1.60. The smallest absolute Gasteiger partial charge is 0.371 e. The van der Waals surface area contributed by atoms with Gasteiger partial charge in [0.2, 0.25) is 5.89 Å². The molecule has 0 aliphatic carbocycles. The molecule has 1 aliphatic rings. The van der Waals surface area contributed by atoms with Crippen LogP contribution in [0.1, 0.15) is 61.9 Å². The van der Waals surface area contributed by atoms with Crippen molar-refractivity contribution < 1.29 is 22.4 Å². The highest BCUT2D eigenvalue weighted by Gasteiger charge is 2.34. The topological polar surface area (TPSA) is 80.1 Å². The number of imidazole rings is 1. The molecule has 3 aromatic rings. The molecule has 0 amide bonds. The molecule has 2 atom stereocenters. The molecule has 10 heteroatoms. The van der Waals surface area contributed by atoms with Gasteiger partial charge in [0, 0.05) is 12.2 Å². The summed E-state index contributed by atoms with van der Waals surface area (Å²) >= 11 is 0. The molecular formula is C21H24F3N5O2. The van der Waals surface area contributed by atoms with Crippen molar-refractivity contribution >= 4 is 0 Å². The standard InChI is InChI=1S/C21H24F3N5O2/c1-3-30-13(2)19-27-18(31-28-19)12-29-10-6-9-17(29)20-25-11-16(26-20)14-7-4-5-8-15(14)21(22,23)24/h4-5,7-8,11,13,17H,3,6,9-10,12H2,1-2H3,(H,25,26)/t13-,17-/m0/s1. The SMILES string of the molecule is CCO[C@@H](C)c1noc(CN2CCC[C@H]2c2ncc(-c3ccccc3C(F)(F)F)[nH]2)n1. The second kappa shape index (κ2) is 8.80. The molecule has 0 spiro atoms. The van der Waals surface area contributed by atoms with Gasteiger partial charge < -0.3 is 14.2 Å². The molecule has 7 nitrogen and oxygen atoms in total. The summed E-state index contributed by atoms with van der Waals surface area (Å²) in [6.07, 6.45) is -1.45. The molecular weight excluding hydrogens is 411 g/mol. The first-order valence-electron chi connectivity index (χ1n) is 10.3. The first-order valence-corrected chi connectivity index (χ1v) is 10.3. The number of nitrogens with zero attached hydrogens (tertiary/aromatic N) is 4. The van der Waals surface area contributed by atoms with Crippen molar-refractivity contribution in [1.29, 1.82) is 0 Å². The van der Waals surface area contributed by atoms with Gasteiger partial charge in [0.1, 0.15) is 11.9 Å². The Hall–Kier alpha value is -2.72. The number of alkyl halides is 3. The van der Waals surface area contributed by atoms with Crippen LogP contribution >= 0.6 is 0 Å². The van der Waals surface area contributed by atoms with Crippen LogP contribution in [0, 0.1) is 0 Å². The molecule has 4 rings (SSSR count). The Kier molecular flexibility index (Phi) is 6.10. The average molecular weight is 435 g/mol. The number of ether oxygens (including phenoxy) is 1. The number of hydrogen-bond donors (Lipinski definition) is 1. The molecule has 0 unspecified atom stereocenters. The van der Waals surface area contributed by atoms with Crippen molar-refractivity contribution in [2.75, 3.05) is 13.2 Å². The average Bonchev–Trinajstić information content (AvgIpc) is 3.48. The zero-order chi connectivity index (χ0) is 22.0. The van der Waals surface area contributed by atoms with Crippen LogP contribution in [-0.4, -0.2) is 38.2 Å². The number of halogens is 3. The molecule has 166 valence electrons. The number of rotatable bonds is 7. The maximum absolute atomic E-state index is 13.4. The first kappa shape index (κ1) is 21.5. The van der Waals surface area contributed by atoms with Gasteiger partial charge >= 0.3 is 6.18 Å². The van der Waals surface area contributed by atoms with Crippen molar-refractivity contribution in [1.82, 2.24) is 25.0 Å². The fraction of sp³-hybridized carbons (Fsp3) is 0.476. The lowest BCUT2D eigenvalue weighted by Crippen LogP contribution is -2.23. The molecule has 0 saturated carbocycles. The Balaban J connectivity index is 1.52. The normalized spacial score (nSPS) is 18.5. The Morgan fingerprint density at radius 2 is 2.13 bits per heavy atom. The molecule has 1 fully saturated rings. The summed E-state index contributed by atoms with van der Waals surface area (Å²) in [4.78, 5) is 14.0. The van der Waals surface area contributed by atoms with Crippen LogP contribution in [0.2, 0.25) is 0 Å². The van der Waals surface area contributed by atoms with Crippen LogP contribution in [0.3, 0.4) is 0 Å². The van der Waals surface area contributed by atoms with Crippen molar-refractivity contribution in [3.63, 3.8) is 0 Å². The van der Waals surface area contributed by atoms with Gasteiger partial charge in [-0.15, -0.1) is 0 Å². The molecule has 1 N–H and O–H groups in total. The van der Waals surface area contributed by atoms with Crippen LogP contribution < -0.4 is 0 Å². The largest absolute Gasteiger partial charge is 0.417 e. The van der Waals surface area contributed by atoms with E-state index in [1.807, 2.05) is 13.8 Å². The number of nitrogens with one attached hydrogen (secondary N) is 1. The van der Waals surface area contributed by atoms with Crippen LogP contribution in [0.4, 0.5) is 13.2 Å². The minimum Gasteiger partial charge on any atom is -0.371 e. The van der Waals surface area contributed by atoms with Crippen molar-refractivity contribution in [2.45, 2.75) is 51.6 Å². The maximum atomic E-state index is 13.4. The van der Waals surface area contributed by atoms with E-state index in [1.165, 1.54) is 18.3 Å². The number of H-pyrrole nitrogens is 1. The van der Waals surface area contributed by atoms with E-state index >= 15 is 0 Å². The number of benzene rings is 1. The third-order valence-corrected chi connectivity index (χ3v) is 5.40. The van der Waals surface area contributed by atoms with Gasteiger partial charge in [0.25, 0.3) is 0 Å². The summed E-state index contributed by atoms with van der Waals surface area (Å²) in [6.45, 7) is 5.55. The summed E-state index contributed by atoms with van der Waals surface area (Å²) < 4.78 is 51.0. The van der Waals surface area contributed by atoms with Gasteiger partial charge in [-0.05, 0) is 39.3 Å². The number of hydrogen-bond acceptors (Lipinski definition) is 6. The van der Waals surface area contributed by atoms with Gasteiger partial charge in [-0.25, -0.2) is 4.98 Å². The fourth-order valence-corrected chi connectivity index (χ4v) is 3.93. The highest BCUT2D eigenvalue weighted by atomic mass is 19.4. The number of aromatic amines is 1. The quantitative estimate of drug-likeness (QED) is 0.568. The van der Waals surface area contributed by atoms with Gasteiger partial charge in [-0.1, -0.05) is 23.4 Å². The Morgan fingerprint density at radius 1 is 1.32 bits per heavy atom. The lowest BCUT2D eigenvalue weighted by Gasteiger charge is -2.20. The fourth-order valence-electron chi connectivity index (χ4n) is 3.93. The van der Waals surface area contributed by atoms with Gasteiger partial charge in [-0.2, -0.15) is 18.2 Å². The molecule has 0 bridgehead atoms. The van der Waals surface area contributed by atoms with Crippen LogP contribution in [-0.2, 0) is 17.5 Å². The number of aromatic nitrogens is 4. The van der Waals surface area contributed by atoms with E-state index in [1.54, 1.807) is 6.07 Å². The summed E-state index contributed by atoms with van der Waals surface area (Å²) in [5, 5.41) is 3.98. The van der Waals surface area contributed by atoms with Crippen LogP contribution in [0.25, 0.3) is 11.3 Å². The van der Waals surface area contributed by atoms with E-state index < -0.39 is 11.7 Å². The molecule has 1 aliphatic heterocycles. The Labute approximate surface area is 177 Å². The first-order chi connectivity index (χ1) is 14.9. The Bertz CT molecular complexity index is 1020. The second-order valence-corrected chi connectivity index (χ2v) is 7.50. The van der Waals surface area contributed by atoms with Crippen molar-refractivity contribution in [2.24, 2.45) is 0 Å². The van der Waals surface area contributed by atoms with E-state index in [4.69, 9.17) is 9.26 Å². The predicted molar refractivity (Wildman–Crippen MR) is 106 cm³/mol. The molecule has 2 aromatic heterocycles. The second-order valence-electron chi connectivity index (χ2n) is 7.50. The highest BCUT2D eigenvalue weighted by molar-refractivity contribution is 5.64. The van der Waals surface area contributed by atoms with Gasteiger partial charge in [0.15, 0.2) is 5.82 Å². The molecule has 1 aromatic carbocycles. The third kappa shape index (κ3) is 4.64. The highest BCUT2D eigenvalue weighted by Crippen LogP contribution is 2.38. The van der Waals surface area contributed by atoms with E-state index in [0.717, 1.165) is 25.5 Å². The monoisotopic (exact) mass is 435 g/mol. The lowest BCUT2D eigenvalue weighted by molar-refractivity contribution is -0.137. The van der Waals surface area contributed by atoms with E-state index in [0.29, 0.717) is 36.4 Å². The third-order valence-electron chi connectivity index (χ3n) is 5.40. The van der Waals surface area contributed by atoms with Crippen LogP contribution in [0.15, 0.2) is 35.0 Å². The molecule has 1 saturated heterocycles. The Morgan fingerprint density at radius 3 is 2.90 bits per heavy atom. The van der Waals surface area contributed by atoms with Crippen molar-refractivity contribution in [3.05, 3.63) is 53.6 Å². The predicted octanol–water partition coefficient (Wildman–Crippen LogP) is 4.91. The maximum Gasteiger partial charge on any atom is 0.417 e. The van der Waals surface area contributed by atoms with Crippen LogP contribution in [0.5, 0.6) is 0 Å². The van der Waals surface area contributed by atoms with Gasteiger partial charge in [-0.3, -0.25) is 4.90 Å². The summed E-state index contributed by atoms with van der Waals surface area (Å²) in [5.41, 5.74) is -0.250. The zero-order valence-corrected chi connectivity index (χ0v) is 17.3. The molecule has 0 radical (unpaired) electrons. The lowest BCUT2D eigenvalue weighted by atomic mass is 10.0. The van der Waals surface area contributed by atoms with E-state index in [9.17, 15) is 13.2 Å².